The van der Waals surface area contributed by atoms with Crippen LogP contribution in [0.4, 0.5) is 14.6 Å². The molecule has 1 aromatic heterocycles. The van der Waals surface area contributed by atoms with E-state index < -0.39 is 11.6 Å². The molecule has 1 aliphatic rings. The van der Waals surface area contributed by atoms with Gasteiger partial charge in [0.25, 0.3) is 0 Å². The molecule has 0 aliphatic carbocycles. The summed E-state index contributed by atoms with van der Waals surface area (Å²) in [7, 11) is 0. The van der Waals surface area contributed by atoms with Crippen molar-refractivity contribution in [1.82, 2.24) is 10.3 Å². The van der Waals surface area contributed by atoms with Gasteiger partial charge in [0.1, 0.15) is 17.5 Å². The van der Waals surface area contributed by atoms with Crippen molar-refractivity contribution in [2.24, 2.45) is 0 Å². The van der Waals surface area contributed by atoms with Crippen LogP contribution in [0, 0.1) is 11.6 Å². The summed E-state index contributed by atoms with van der Waals surface area (Å²) in [5.74, 6) is -0.476. The van der Waals surface area contributed by atoms with E-state index >= 15 is 0 Å². The number of amides is 1. The Labute approximate surface area is 145 Å². The number of pyridine rings is 1. The molecule has 1 aromatic carbocycles. The zero-order chi connectivity index (χ0) is 17.6. The molecule has 1 aliphatic heterocycles. The first-order valence-electron chi connectivity index (χ1n) is 8.52. The first-order chi connectivity index (χ1) is 12.1. The number of aryl methyl sites for hydroxylation is 1. The van der Waals surface area contributed by atoms with Gasteiger partial charge in [0.05, 0.1) is 0 Å². The molecular formula is C19H21F2N3O. The third-order valence-corrected chi connectivity index (χ3v) is 4.37. The smallest absolute Gasteiger partial charge is 0.220 e. The average Bonchev–Trinajstić information content (AvgIpc) is 3.14. The lowest BCUT2D eigenvalue weighted by Crippen LogP contribution is -2.23. The quantitative estimate of drug-likeness (QED) is 0.874. The molecule has 2 aromatic rings. The molecule has 1 amide bonds. The van der Waals surface area contributed by atoms with Gasteiger partial charge in [-0.15, -0.1) is 0 Å². The fourth-order valence-electron chi connectivity index (χ4n) is 2.94. The van der Waals surface area contributed by atoms with E-state index in [4.69, 9.17) is 0 Å². The molecule has 0 radical (unpaired) electrons. The van der Waals surface area contributed by atoms with Crippen molar-refractivity contribution in [3.63, 3.8) is 0 Å². The van der Waals surface area contributed by atoms with Crippen molar-refractivity contribution in [1.29, 1.82) is 0 Å². The fraction of sp³-hybridized carbons (Fsp3) is 0.368. The molecule has 1 fully saturated rings. The Balaban J connectivity index is 1.49. The van der Waals surface area contributed by atoms with E-state index in [0.717, 1.165) is 30.5 Å². The van der Waals surface area contributed by atoms with Gasteiger partial charge in [0.15, 0.2) is 0 Å². The number of nitrogens with one attached hydrogen (secondary N) is 1. The minimum absolute atomic E-state index is 0.0559. The van der Waals surface area contributed by atoms with E-state index in [2.05, 4.69) is 15.2 Å². The third kappa shape index (κ3) is 4.75. The van der Waals surface area contributed by atoms with Gasteiger partial charge in [0, 0.05) is 43.9 Å². The van der Waals surface area contributed by atoms with Gasteiger partial charge >= 0.3 is 0 Å². The zero-order valence-electron chi connectivity index (χ0n) is 14.0. The molecule has 25 heavy (non-hydrogen) atoms. The Kier molecular flexibility index (Phi) is 5.58. The van der Waals surface area contributed by atoms with Crippen LogP contribution in [0.3, 0.4) is 0 Å². The SMILES string of the molecule is O=C(CCc1ccnc(N2CCCC2)c1)NCc1ccc(F)cc1F. The van der Waals surface area contributed by atoms with Gasteiger partial charge in [-0.1, -0.05) is 6.07 Å². The maximum atomic E-state index is 13.5. The van der Waals surface area contributed by atoms with Crippen molar-refractivity contribution >= 4 is 11.7 Å². The van der Waals surface area contributed by atoms with Crippen LogP contribution in [-0.2, 0) is 17.8 Å². The van der Waals surface area contributed by atoms with Crippen LogP contribution in [-0.4, -0.2) is 24.0 Å². The van der Waals surface area contributed by atoms with Gasteiger partial charge in [-0.3, -0.25) is 4.79 Å². The summed E-state index contributed by atoms with van der Waals surface area (Å²) in [5, 5.41) is 2.67. The van der Waals surface area contributed by atoms with Gasteiger partial charge in [-0.2, -0.15) is 0 Å². The van der Waals surface area contributed by atoms with E-state index in [-0.39, 0.29) is 18.0 Å². The number of carbonyl (C=O) groups excluding carboxylic acids is 1. The van der Waals surface area contributed by atoms with Crippen molar-refractivity contribution in [3.8, 4) is 0 Å². The Hall–Kier alpha value is -2.50. The molecule has 0 spiro atoms. The second-order valence-corrected chi connectivity index (χ2v) is 6.23. The highest BCUT2D eigenvalue weighted by molar-refractivity contribution is 5.76. The Bertz CT molecular complexity index is 745. The second kappa shape index (κ2) is 8.05. The molecule has 0 saturated carbocycles. The summed E-state index contributed by atoms with van der Waals surface area (Å²) in [6.45, 7) is 2.11. The van der Waals surface area contributed by atoms with Gasteiger partial charge in [-0.05, 0) is 43.0 Å². The van der Waals surface area contributed by atoms with Crippen LogP contribution in [0.5, 0.6) is 0 Å². The summed E-state index contributed by atoms with van der Waals surface area (Å²) >= 11 is 0. The van der Waals surface area contributed by atoms with Crippen LogP contribution in [0.1, 0.15) is 30.4 Å². The number of aromatic nitrogens is 1. The lowest BCUT2D eigenvalue weighted by Gasteiger charge is -2.16. The highest BCUT2D eigenvalue weighted by atomic mass is 19.1. The van der Waals surface area contributed by atoms with E-state index in [1.54, 1.807) is 6.20 Å². The summed E-state index contributed by atoms with van der Waals surface area (Å²) in [4.78, 5) is 18.6. The van der Waals surface area contributed by atoms with Crippen LogP contribution in [0.15, 0.2) is 36.5 Å². The fourth-order valence-corrected chi connectivity index (χ4v) is 2.94. The number of halogens is 2. The number of hydrogen-bond acceptors (Lipinski definition) is 3. The first kappa shape index (κ1) is 17.3. The molecule has 0 atom stereocenters. The molecule has 1 N–H and O–H groups in total. The zero-order valence-corrected chi connectivity index (χ0v) is 14.0. The Morgan fingerprint density at radius 2 is 1.96 bits per heavy atom. The summed E-state index contributed by atoms with van der Waals surface area (Å²) in [5.41, 5.74) is 1.33. The van der Waals surface area contributed by atoms with Crippen LogP contribution >= 0.6 is 0 Å². The molecular weight excluding hydrogens is 324 g/mol. The molecule has 4 nitrogen and oxygen atoms in total. The minimum Gasteiger partial charge on any atom is -0.357 e. The number of rotatable bonds is 6. The van der Waals surface area contributed by atoms with E-state index in [1.807, 2.05) is 12.1 Å². The number of carbonyl (C=O) groups is 1. The van der Waals surface area contributed by atoms with E-state index in [0.29, 0.717) is 12.8 Å². The maximum Gasteiger partial charge on any atom is 0.220 e. The van der Waals surface area contributed by atoms with Crippen molar-refractivity contribution < 1.29 is 13.6 Å². The number of benzene rings is 1. The highest BCUT2D eigenvalue weighted by Crippen LogP contribution is 2.19. The van der Waals surface area contributed by atoms with Crippen molar-refractivity contribution in [3.05, 3.63) is 59.3 Å². The summed E-state index contributed by atoms with van der Waals surface area (Å²) < 4.78 is 26.4. The monoisotopic (exact) mass is 345 g/mol. The molecule has 0 unspecified atom stereocenters. The van der Waals surface area contributed by atoms with E-state index in [1.165, 1.54) is 25.0 Å². The highest BCUT2D eigenvalue weighted by Gasteiger charge is 2.14. The maximum absolute atomic E-state index is 13.5. The lowest BCUT2D eigenvalue weighted by atomic mass is 10.1. The predicted molar refractivity (Wildman–Crippen MR) is 92.2 cm³/mol. The lowest BCUT2D eigenvalue weighted by molar-refractivity contribution is -0.121. The topological polar surface area (TPSA) is 45.2 Å². The summed E-state index contributed by atoms with van der Waals surface area (Å²) in [6, 6.07) is 7.28. The van der Waals surface area contributed by atoms with Crippen molar-refractivity contribution in [2.75, 3.05) is 18.0 Å². The summed E-state index contributed by atoms with van der Waals surface area (Å²) in [6.07, 6.45) is 5.06. The second-order valence-electron chi connectivity index (χ2n) is 6.23. The Morgan fingerprint density at radius 3 is 2.72 bits per heavy atom. The largest absolute Gasteiger partial charge is 0.357 e. The normalized spacial score (nSPS) is 13.9. The standard InChI is InChI=1S/C19H21F2N3O/c20-16-5-4-15(17(21)12-16)13-23-19(25)6-3-14-7-8-22-18(11-14)24-9-1-2-10-24/h4-5,7-8,11-12H,1-3,6,9-10,13H2,(H,23,25). The predicted octanol–water partition coefficient (Wildman–Crippen LogP) is 3.21. The first-order valence-corrected chi connectivity index (χ1v) is 8.52. The van der Waals surface area contributed by atoms with E-state index in [9.17, 15) is 13.6 Å². The van der Waals surface area contributed by atoms with Crippen molar-refractivity contribution in [2.45, 2.75) is 32.2 Å². The third-order valence-electron chi connectivity index (χ3n) is 4.37. The van der Waals surface area contributed by atoms with Gasteiger partial charge < -0.3 is 10.2 Å². The van der Waals surface area contributed by atoms with Crippen LogP contribution in [0.2, 0.25) is 0 Å². The van der Waals surface area contributed by atoms with Crippen LogP contribution < -0.4 is 10.2 Å². The number of anilines is 1. The van der Waals surface area contributed by atoms with Gasteiger partial charge in [-0.25, -0.2) is 13.8 Å². The molecule has 132 valence electrons. The molecule has 2 heterocycles. The molecule has 0 bridgehead atoms. The number of nitrogens with zero attached hydrogens (tertiary/aromatic N) is 2. The number of hydrogen-bond donors (Lipinski definition) is 1. The molecule has 6 heteroatoms. The minimum atomic E-state index is -0.648. The van der Waals surface area contributed by atoms with Crippen LogP contribution in [0.25, 0.3) is 0 Å². The average molecular weight is 345 g/mol. The molecule has 1 saturated heterocycles. The molecule has 3 rings (SSSR count). The Morgan fingerprint density at radius 1 is 1.16 bits per heavy atom. The van der Waals surface area contributed by atoms with Gasteiger partial charge in [0.2, 0.25) is 5.91 Å².